The van der Waals surface area contributed by atoms with Crippen molar-refractivity contribution in [1.29, 1.82) is 0 Å². The highest BCUT2D eigenvalue weighted by atomic mass is 16.5. The van der Waals surface area contributed by atoms with Crippen molar-refractivity contribution in [2.24, 2.45) is 4.99 Å². The van der Waals surface area contributed by atoms with Gasteiger partial charge in [-0.15, -0.1) is 0 Å². The van der Waals surface area contributed by atoms with Crippen molar-refractivity contribution in [3.63, 3.8) is 0 Å². The smallest absolute Gasteiger partial charge is 0.253 e. The van der Waals surface area contributed by atoms with E-state index in [1.165, 1.54) is 6.42 Å². The number of benzene rings is 1. The normalized spacial score (nSPS) is 14.8. The molecular weight excluding hydrogens is 378 g/mol. The second-order valence-electron chi connectivity index (χ2n) is 7.97. The second-order valence-corrected chi connectivity index (χ2v) is 7.97. The first kappa shape index (κ1) is 21.9. The van der Waals surface area contributed by atoms with Gasteiger partial charge < -0.3 is 20.1 Å². The fourth-order valence-corrected chi connectivity index (χ4v) is 3.40. The number of nitrogens with zero attached hydrogens (tertiary/aromatic N) is 3. The number of rotatable bonds is 7. The summed E-state index contributed by atoms with van der Waals surface area (Å²) in [5.74, 6) is 1.97. The summed E-state index contributed by atoms with van der Waals surface area (Å²) in [5.41, 5.74) is 2.76. The Kier molecular flexibility index (Phi) is 7.88. The van der Waals surface area contributed by atoms with Crippen molar-refractivity contribution in [3.8, 4) is 0 Å². The number of nitrogens with one attached hydrogen (secondary N) is 2. The summed E-state index contributed by atoms with van der Waals surface area (Å²) in [4.78, 5) is 19.2. The molecule has 0 spiro atoms. The van der Waals surface area contributed by atoms with Gasteiger partial charge in [0.25, 0.3) is 5.91 Å². The molecule has 1 fully saturated rings. The van der Waals surface area contributed by atoms with E-state index in [1.807, 2.05) is 42.2 Å². The van der Waals surface area contributed by atoms with Crippen molar-refractivity contribution in [2.75, 3.05) is 19.6 Å². The van der Waals surface area contributed by atoms with Gasteiger partial charge in [-0.3, -0.25) is 4.79 Å². The summed E-state index contributed by atoms with van der Waals surface area (Å²) in [5, 5.41) is 10.6. The second kappa shape index (κ2) is 10.8. The molecule has 0 bridgehead atoms. The largest absolute Gasteiger partial charge is 0.359 e. The lowest BCUT2D eigenvalue weighted by molar-refractivity contribution is 0.0724. The molecule has 7 heteroatoms. The van der Waals surface area contributed by atoms with E-state index in [-0.39, 0.29) is 5.91 Å². The van der Waals surface area contributed by atoms with Gasteiger partial charge in [0, 0.05) is 31.3 Å². The van der Waals surface area contributed by atoms with Gasteiger partial charge in [-0.05, 0) is 49.8 Å². The van der Waals surface area contributed by atoms with Crippen LogP contribution in [-0.4, -0.2) is 41.6 Å². The molecular formula is C23H33N5O2. The van der Waals surface area contributed by atoms with Crippen LogP contribution in [-0.2, 0) is 13.1 Å². The number of carbonyl (C=O) groups is 1. The van der Waals surface area contributed by atoms with E-state index in [9.17, 15) is 4.79 Å². The van der Waals surface area contributed by atoms with Crippen LogP contribution in [0.25, 0.3) is 0 Å². The standard InChI is InChI=1S/C23H33N5O2/c1-4-24-23(26-16-20-14-21(17(2)3)27-30-20)25-15-18-8-10-19(11-9-18)22(29)28-12-6-5-7-13-28/h8-11,14,17H,4-7,12-13,15-16H2,1-3H3,(H2,24,25,26). The van der Waals surface area contributed by atoms with E-state index in [2.05, 4.69) is 34.6 Å². The van der Waals surface area contributed by atoms with Crippen LogP contribution in [0.2, 0.25) is 0 Å². The highest BCUT2D eigenvalue weighted by molar-refractivity contribution is 5.94. The lowest BCUT2D eigenvalue weighted by Crippen LogP contribution is -2.36. The lowest BCUT2D eigenvalue weighted by atomic mass is 10.1. The summed E-state index contributed by atoms with van der Waals surface area (Å²) >= 11 is 0. The maximum atomic E-state index is 12.6. The van der Waals surface area contributed by atoms with Crippen LogP contribution in [0, 0.1) is 0 Å². The molecule has 1 amide bonds. The topological polar surface area (TPSA) is 82.8 Å². The number of amides is 1. The van der Waals surface area contributed by atoms with E-state index in [0.717, 1.165) is 55.1 Å². The molecule has 2 N–H and O–H groups in total. The van der Waals surface area contributed by atoms with Gasteiger partial charge in [-0.2, -0.15) is 0 Å². The molecule has 30 heavy (non-hydrogen) atoms. The van der Waals surface area contributed by atoms with Crippen LogP contribution < -0.4 is 10.6 Å². The molecule has 0 unspecified atom stereocenters. The van der Waals surface area contributed by atoms with E-state index in [4.69, 9.17) is 4.52 Å². The van der Waals surface area contributed by atoms with Gasteiger partial charge in [0.05, 0.1) is 18.8 Å². The van der Waals surface area contributed by atoms with Gasteiger partial charge in [-0.25, -0.2) is 4.99 Å². The zero-order chi connectivity index (χ0) is 21.3. The predicted octanol–water partition coefficient (Wildman–Crippen LogP) is 3.68. The molecule has 2 aromatic rings. The molecule has 7 nitrogen and oxygen atoms in total. The van der Waals surface area contributed by atoms with Gasteiger partial charge in [0.2, 0.25) is 0 Å². The number of likely N-dealkylation sites (tertiary alicyclic amines) is 1. The minimum Gasteiger partial charge on any atom is -0.359 e. The quantitative estimate of drug-likeness (QED) is 0.536. The summed E-state index contributed by atoms with van der Waals surface area (Å²) in [6.07, 6.45) is 3.43. The zero-order valence-corrected chi connectivity index (χ0v) is 18.3. The number of aromatic nitrogens is 1. The summed E-state index contributed by atoms with van der Waals surface area (Å²) in [6, 6.07) is 9.75. The highest BCUT2D eigenvalue weighted by Gasteiger charge is 2.17. The van der Waals surface area contributed by atoms with E-state index >= 15 is 0 Å². The van der Waals surface area contributed by atoms with E-state index in [0.29, 0.717) is 25.0 Å². The first-order valence-corrected chi connectivity index (χ1v) is 10.9. The van der Waals surface area contributed by atoms with Crippen molar-refractivity contribution in [3.05, 3.63) is 52.9 Å². The summed E-state index contributed by atoms with van der Waals surface area (Å²) in [6.45, 7) is 9.76. The van der Waals surface area contributed by atoms with Crippen LogP contribution >= 0.6 is 0 Å². The maximum Gasteiger partial charge on any atom is 0.253 e. The van der Waals surface area contributed by atoms with Crippen molar-refractivity contribution in [1.82, 2.24) is 20.7 Å². The number of aliphatic imine (C=N–C) groups is 1. The molecule has 0 atom stereocenters. The molecule has 1 aromatic heterocycles. The number of hydrogen-bond donors (Lipinski definition) is 2. The number of guanidine groups is 1. The minimum absolute atomic E-state index is 0.132. The Morgan fingerprint density at radius 1 is 1.17 bits per heavy atom. The van der Waals surface area contributed by atoms with Gasteiger partial charge >= 0.3 is 0 Å². The Morgan fingerprint density at radius 3 is 2.53 bits per heavy atom. The lowest BCUT2D eigenvalue weighted by Gasteiger charge is -2.26. The Bertz CT molecular complexity index is 836. The monoisotopic (exact) mass is 411 g/mol. The Balaban J connectivity index is 1.56. The molecule has 0 radical (unpaired) electrons. The van der Waals surface area contributed by atoms with Crippen LogP contribution in [0.3, 0.4) is 0 Å². The molecule has 0 aliphatic carbocycles. The number of carbonyl (C=O) groups excluding carboxylic acids is 1. The third-order valence-electron chi connectivity index (χ3n) is 5.21. The molecule has 1 aliphatic heterocycles. The number of hydrogen-bond acceptors (Lipinski definition) is 4. The molecule has 3 rings (SSSR count). The third-order valence-corrected chi connectivity index (χ3v) is 5.21. The van der Waals surface area contributed by atoms with Crippen LogP contribution in [0.4, 0.5) is 0 Å². The molecule has 162 valence electrons. The molecule has 2 heterocycles. The van der Waals surface area contributed by atoms with Crippen LogP contribution in [0.1, 0.15) is 73.3 Å². The molecule has 1 aliphatic rings. The van der Waals surface area contributed by atoms with Crippen LogP contribution in [0.15, 0.2) is 39.8 Å². The van der Waals surface area contributed by atoms with E-state index < -0.39 is 0 Å². The number of piperidine rings is 1. The zero-order valence-electron chi connectivity index (χ0n) is 18.3. The minimum atomic E-state index is 0.132. The summed E-state index contributed by atoms with van der Waals surface area (Å²) in [7, 11) is 0. The van der Waals surface area contributed by atoms with Crippen molar-refractivity contribution < 1.29 is 9.32 Å². The Hall–Kier alpha value is -2.83. The first-order valence-electron chi connectivity index (χ1n) is 10.9. The SMILES string of the molecule is CCNC(=NCc1ccc(C(=O)N2CCCCC2)cc1)NCc1cc(C(C)C)no1. The molecule has 1 aromatic carbocycles. The van der Waals surface area contributed by atoms with Crippen LogP contribution in [0.5, 0.6) is 0 Å². The fraction of sp³-hybridized carbons (Fsp3) is 0.522. The Labute approximate surface area is 178 Å². The molecule has 0 saturated carbocycles. The molecule has 1 saturated heterocycles. The maximum absolute atomic E-state index is 12.6. The van der Waals surface area contributed by atoms with E-state index in [1.54, 1.807) is 0 Å². The van der Waals surface area contributed by atoms with Gasteiger partial charge in [0.1, 0.15) is 0 Å². The average Bonchev–Trinajstić information content (AvgIpc) is 3.26. The Morgan fingerprint density at radius 2 is 1.90 bits per heavy atom. The average molecular weight is 412 g/mol. The van der Waals surface area contributed by atoms with Crippen molar-refractivity contribution >= 4 is 11.9 Å². The van der Waals surface area contributed by atoms with Gasteiger partial charge in [-0.1, -0.05) is 31.1 Å². The summed E-state index contributed by atoms with van der Waals surface area (Å²) < 4.78 is 5.37. The third kappa shape index (κ3) is 6.08. The highest BCUT2D eigenvalue weighted by Crippen LogP contribution is 2.15. The predicted molar refractivity (Wildman–Crippen MR) is 118 cm³/mol. The fourth-order valence-electron chi connectivity index (χ4n) is 3.40. The van der Waals surface area contributed by atoms with Gasteiger partial charge in [0.15, 0.2) is 11.7 Å². The van der Waals surface area contributed by atoms with Crippen molar-refractivity contribution in [2.45, 2.75) is 59.0 Å². The first-order chi connectivity index (χ1) is 14.6.